The van der Waals surface area contributed by atoms with E-state index in [1.54, 1.807) is 0 Å². The van der Waals surface area contributed by atoms with Crippen LogP contribution in [0.5, 0.6) is 0 Å². The minimum Gasteiger partial charge on any atom is -0.390 e. The Bertz CT molecular complexity index is 397. The molecular formula is C13H18BrClN2O. The molecule has 100 valence electrons. The summed E-state index contributed by atoms with van der Waals surface area (Å²) < 4.78 is 0.954. The van der Waals surface area contributed by atoms with E-state index in [1.807, 2.05) is 18.2 Å². The highest BCUT2D eigenvalue weighted by Gasteiger charge is 2.15. The van der Waals surface area contributed by atoms with Crippen LogP contribution in [0.1, 0.15) is 12.8 Å². The van der Waals surface area contributed by atoms with Crippen molar-refractivity contribution in [2.75, 3.05) is 31.5 Å². The van der Waals surface area contributed by atoms with E-state index in [0.717, 1.165) is 29.8 Å². The molecule has 1 atom stereocenters. The van der Waals surface area contributed by atoms with Gasteiger partial charge in [0.1, 0.15) is 0 Å². The summed E-state index contributed by atoms with van der Waals surface area (Å²) in [6, 6.07) is 5.69. The van der Waals surface area contributed by atoms with E-state index in [-0.39, 0.29) is 6.10 Å². The van der Waals surface area contributed by atoms with Crippen LogP contribution in [-0.2, 0) is 0 Å². The summed E-state index contributed by atoms with van der Waals surface area (Å²) >= 11 is 9.47. The van der Waals surface area contributed by atoms with E-state index >= 15 is 0 Å². The molecule has 1 saturated heterocycles. The Morgan fingerprint density at radius 3 is 2.78 bits per heavy atom. The molecule has 0 saturated carbocycles. The molecule has 1 aliphatic rings. The first-order valence-corrected chi connectivity index (χ1v) is 7.41. The maximum atomic E-state index is 9.96. The van der Waals surface area contributed by atoms with Gasteiger partial charge < -0.3 is 15.3 Å². The van der Waals surface area contributed by atoms with Gasteiger partial charge in [0, 0.05) is 17.6 Å². The topological polar surface area (TPSA) is 35.5 Å². The first-order chi connectivity index (χ1) is 8.65. The predicted octanol–water partition coefficient (Wildman–Crippen LogP) is 2.97. The number of nitrogens with zero attached hydrogens (tertiary/aromatic N) is 1. The maximum absolute atomic E-state index is 9.96. The van der Waals surface area contributed by atoms with Crippen LogP contribution in [-0.4, -0.2) is 42.3 Å². The molecule has 18 heavy (non-hydrogen) atoms. The van der Waals surface area contributed by atoms with Crippen molar-refractivity contribution < 1.29 is 5.11 Å². The number of β-amino-alcohol motifs (C(OH)–C–C–N with tert-alkyl or cyclic N) is 1. The molecule has 0 bridgehead atoms. The van der Waals surface area contributed by atoms with Crippen LogP contribution in [0.3, 0.4) is 0 Å². The number of halogens is 2. The Hall–Kier alpha value is -0.290. The normalized spacial score (nSPS) is 17.9. The van der Waals surface area contributed by atoms with Crippen LogP contribution >= 0.6 is 27.5 Å². The predicted molar refractivity (Wildman–Crippen MR) is 79.3 cm³/mol. The van der Waals surface area contributed by atoms with E-state index in [4.69, 9.17) is 11.6 Å². The van der Waals surface area contributed by atoms with Crippen molar-refractivity contribution in [1.82, 2.24) is 4.90 Å². The molecule has 1 aromatic rings. The largest absolute Gasteiger partial charge is 0.390 e. The minimum atomic E-state index is -0.359. The van der Waals surface area contributed by atoms with Gasteiger partial charge in [-0.2, -0.15) is 0 Å². The molecule has 1 unspecified atom stereocenters. The minimum absolute atomic E-state index is 0.359. The summed E-state index contributed by atoms with van der Waals surface area (Å²) in [5, 5.41) is 13.8. The number of aliphatic hydroxyl groups excluding tert-OH is 1. The summed E-state index contributed by atoms with van der Waals surface area (Å²) in [5.41, 5.74) is 0.861. The van der Waals surface area contributed by atoms with Crippen molar-refractivity contribution in [3.8, 4) is 0 Å². The molecule has 0 aromatic heterocycles. The molecular weight excluding hydrogens is 316 g/mol. The SMILES string of the molecule is OC(CNc1ccc(Br)cc1Cl)CN1CCCC1. The average Bonchev–Trinajstić information content (AvgIpc) is 2.80. The number of benzene rings is 1. The number of nitrogens with one attached hydrogen (secondary N) is 1. The highest BCUT2D eigenvalue weighted by Crippen LogP contribution is 2.25. The summed E-state index contributed by atoms with van der Waals surface area (Å²) in [7, 11) is 0. The fourth-order valence-electron chi connectivity index (χ4n) is 2.19. The van der Waals surface area contributed by atoms with Crippen LogP contribution in [0.4, 0.5) is 5.69 Å². The van der Waals surface area contributed by atoms with E-state index in [9.17, 15) is 5.11 Å². The highest BCUT2D eigenvalue weighted by atomic mass is 79.9. The molecule has 0 radical (unpaired) electrons. The van der Waals surface area contributed by atoms with Crippen molar-refractivity contribution in [2.45, 2.75) is 18.9 Å². The lowest BCUT2D eigenvalue weighted by Gasteiger charge is -2.20. The zero-order valence-electron chi connectivity index (χ0n) is 10.2. The molecule has 5 heteroatoms. The first-order valence-electron chi connectivity index (χ1n) is 6.24. The van der Waals surface area contributed by atoms with Gasteiger partial charge in [-0.25, -0.2) is 0 Å². The lowest BCUT2D eigenvalue weighted by atomic mass is 10.3. The number of hydrogen-bond acceptors (Lipinski definition) is 3. The van der Waals surface area contributed by atoms with E-state index < -0.39 is 0 Å². The molecule has 3 nitrogen and oxygen atoms in total. The second kappa shape index (κ2) is 6.75. The van der Waals surface area contributed by atoms with Gasteiger partial charge in [-0.3, -0.25) is 0 Å². The number of rotatable bonds is 5. The van der Waals surface area contributed by atoms with Gasteiger partial charge in [0.15, 0.2) is 0 Å². The second-order valence-electron chi connectivity index (χ2n) is 4.67. The molecule has 1 aliphatic heterocycles. The maximum Gasteiger partial charge on any atom is 0.0839 e. The van der Waals surface area contributed by atoms with Gasteiger partial charge in [-0.15, -0.1) is 0 Å². The van der Waals surface area contributed by atoms with E-state index in [0.29, 0.717) is 11.6 Å². The van der Waals surface area contributed by atoms with E-state index in [1.165, 1.54) is 12.8 Å². The fourth-order valence-corrected chi connectivity index (χ4v) is 2.93. The third-order valence-electron chi connectivity index (χ3n) is 3.13. The third-order valence-corrected chi connectivity index (χ3v) is 3.93. The van der Waals surface area contributed by atoms with Crippen molar-refractivity contribution in [1.29, 1.82) is 0 Å². The Balaban J connectivity index is 1.79. The quantitative estimate of drug-likeness (QED) is 0.869. The van der Waals surface area contributed by atoms with Gasteiger partial charge in [0.2, 0.25) is 0 Å². The van der Waals surface area contributed by atoms with Gasteiger partial charge >= 0.3 is 0 Å². The molecule has 2 N–H and O–H groups in total. The average molecular weight is 334 g/mol. The van der Waals surface area contributed by atoms with Crippen LogP contribution in [0, 0.1) is 0 Å². The Morgan fingerprint density at radius 2 is 2.11 bits per heavy atom. The monoisotopic (exact) mass is 332 g/mol. The molecule has 1 heterocycles. The van der Waals surface area contributed by atoms with Gasteiger partial charge in [0.05, 0.1) is 16.8 Å². The molecule has 0 spiro atoms. The number of anilines is 1. The Labute approximate surface area is 121 Å². The number of likely N-dealkylation sites (tertiary alicyclic amines) is 1. The number of hydrogen-bond donors (Lipinski definition) is 2. The standard InChI is InChI=1S/C13H18BrClN2O/c14-10-3-4-13(12(15)7-10)16-8-11(18)9-17-5-1-2-6-17/h3-4,7,11,16,18H,1-2,5-6,8-9H2. The molecule has 1 aromatic carbocycles. The van der Waals surface area contributed by atoms with Gasteiger partial charge in [-0.1, -0.05) is 27.5 Å². The lowest BCUT2D eigenvalue weighted by Crippen LogP contribution is -2.34. The molecule has 0 amide bonds. The summed E-state index contributed by atoms with van der Waals surface area (Å²) in [6.07, 6.45) is 2.14. The fraction of sp³-hybridized carbons (Fsp3) is 0.538. The smallest absolute Gasteiger partial charge is 0.0839 e. The molecule has 1 fully saturated rings. The highest BCUT2D eigenvalue weighted by molar-refractivity contribution is 9.10. The summed E-state index contributed by atoms with van der Waals surface area (Å²) in [4.78, 5) is 2.30. The zero-order valence-corrected chi connectivity index (χ0v) is 12.5. The lowest BCUT2D eigenvalue weighted by molar-refractivity contribution is 0.135. The first kappa shape index (κ1) is 14.1. The van der Waals surface area contributed by atoms with Crippen molar-refractivity contribution in [3.63, 3.8) is 0 Å². The van der Waals surface area contributed by atoms with Crippen molar-refractivity contribution in [3.05, 3.63) is 27.7 Å². The van der Waals surface area contributed by atoms with Gasteiger partial charge in [0.25, 0.3) is 0 Å². The molecule has 0 aliphatic carbocycles. The van der Waals surface area contributed by atoms with Crippen LogP contribution in [0.15, 0.2) is 22.7 Å². The summed E-state index contributed by atoms with van der Waals surface area (Å²) in [6.45, 7) is 3.48. The van der Waals surface area contributed by atoms with E-state index in [2.05, 4.69) is 26.1 Å². The number of aliphatic hydroxyl groups is 1. The Morgan fingerprint density at radius 1 is 1.39 bits per heavy atom. The van der Waals surface area contributed by atoms with Crippen LogP contribution in [0.25, 0.3) is 0 Å². The van der Waals surface area contributed by atoms with Crippen molar-refractivity contribution in [2.24, 2.45) is 0 Å². The third kappa shape index (κ3) is 4.12. The van der Waals surface area contributed by atoms with Crippen LogP contribution < -0.4 is 5.32 Å². The zero-order chi connectivity index (χ0) is 13.0. The van der Waals surface area contributed by atoms with Crippen LogP contribution in [0.2, 0.25) is 5.02 Å². The Kier molecular flexibility index (Phi) is 5.30. The molecule has 2 rings (SSSR count). The summed E-state index contributed by atoms with van der Waals surface area (Å²) in [5.74, 6) is 0. The van der Waals surface area contributed by atoms with Crippen molar-refractivity contribution >= 4 is 33.2 Å². The van der Waals surface area contributed by atoms with Gasteiger partial charge in [-0.05, 0) is 44.1 Å². The second-order valence-corrected chi connectivity index (χ2v) is 5.99.